The van der Waals surface area contributed by atoms with Crippen molar-refractivity contribution in [3.63, 3.8) is 0 Å². The van der Waals surface area contributed by atoms with Crippen LogP contribution in [0.4, 0.5) is 0 Å². The van der Waals surface area contributed by atoms with Crippen LogP contribution in [0.2, 0.25) is 0 Å². The van der Waals surface area contributed by atoms with Gasteiger partial charge in [0.2, 0.25) is 0 Å². The Hall–Kier alpha value is -0.860. The summed E-state index contributed by atoms with van der Waals surface area (Å²) in [5, 5.41) is 0. The first-order valence-electron chi connectivity index (χ1n) is 5.42. The van der Waals surface area contributed by atoms with Crippen molar-refractivity contribution in [2.24, 2.45) is 17.3 Å². The molecule has 0 rings (SSSR count). The van der Waals surface area contributed by atoms with Gasteiger partial charge >= 0.3 is 5.97 Å². The Balaban J connectivity index is 4.83. The Bertz CT molecular complexity index is 236. The van der Waals surface area contributed by atoms with Gasteiger partial charge in [0.15, 0.2) is 5.78 Å². The zero-order chi connectivity index (χ0) is 12.2. The van der Waals surface area contributed by atoms with E-state index in [9.17, 15) is 9.59 Å². The van der Waals surface area contributed by atoms with Crippen molar-refractivity contribution in [1.82, 2.24) is 0 Å². The summed E-state index contributed by atoms with van der Waals surface area (Å²) in [6.45, 7) is 11.3. The van der Waals surface area contributed by atoms with Crippen LogP contribution in [0.15, 0.2) is 0 Å². The molecule has 0 heterocycles. The number of ketones is 1. The first-order chi connectivity index (χ1) is 6.71. The highest BCUT2D eigenvalue weighted by Crippen LogP contribution is 2.26. The molecule has 0 aliphatic rings. The molecular weight excluding hydrogens is 192 g/mol. The van der Waals surface area contributed by atoms with Crippen LogP contribution in [-0.2, 0) is 14.3 Å². The second-order valence-corrected chi connectivity index (χ2v) is 5.09. The van der Waals surface area contributed by atoms with Crippen molar-refractivity contribution in [3.8, 4) is 0 Å². The molecule has 0 aromatic carbocycles. The predicted octanol–water partition coefficient (Wildman–Crippen LogP) is 2.44. The van der Waals surface area contributed by atoms with Gasteiger partial charge in [-0.1, -0.05) is 34.6 Å². The van der Waals surface area contributed by atoms with Crippen LogP contribution < -0.4 is 0 Å². The van der Waals surface area contributed by atoms with Gasteiger partial charge in [-0.15, -0.1) is 0 Å². The standard InChI is InChI=1S/C12H22O3/c1-7-15-11(14)9(8(2)3)10(13)12(4,5)6/h8-9H,7H2,1-6H3. The minimum Gasteiger partial charge on any atom is -0.465 e. The lowest BCUT2D eigenvalue weighted by Gasteiger charge is -2.25. The number of carbonyl (C=O) groups is 2. The van der Waals surface area contributed by atoms with Crippen molar-refractivity contribution in [2.75, 3.05) is 6.61 Å². The summed E-state index contributed by atoms with van der Waals surface area (Å²) in [5.74, 6) is -1.09. The van der Waals surface area contributed by atoms with Gasteiger partial charge in [-0.05, 0) is 12.8 Å². The van der Waals surface area contributed by atoms with Crippen molar-refractivity contribution in [3.05, 3.63) is 0 Å². The van der Waals surface area contributed by atoms with Gasteiger partial charge in [0, 0.05) is 5.41 Å². The normalized spacial score (nSPS) is 13.8. The van der Waals surface area contributed by atoms with Gasteiger partial charge in [0.1, 0.15) is 5.92 Å². The van der Waals surface area contributed by atoms with Gasteiger partial charge in [0.25, 0.3) is 0 Å². The van der Waals surface area contributed by atoms with E-state index in [-0.39, 0.29) is 11.7 Å². The lowest BCUT2D eigenvalue weighted by Crippen LogP contribution is -2.37. The van der Waals surface area contributed by atoms with Crippen LogP contribution in [0.3, 0.4) is 0 Å². The average Bonchev–Trinajstić information content (AvgIpc) is 2.02. The van der Waals surface area contributed by atoms with Crippen molar-refractivity contribution >= 4 is 11.8 Å². The third-order valence-corrected chi connectivity index (χ3v) is 2.23. The SMILES string of the molecule is CCOC(=O)C(C(=O)C(C)(C)C)C(C)C. The van der Waals surface area contributed by atoms with Gasteiger partial charge in [-0.25, -0.2) is 0 Å². The van der Waals surface area contributed by atoms with E-state index >= 15 is 0 Å². The molecule has 15 heavy (non-hydrogen) atoms. The molecule has 1 unspecified atom stereocenters. The van der Waals surface area contributed by atoms with Crippen LogP contribution in [-0.4, -0.2) is 18.4 Å². The van der Waals surface area contributed by atoms with Gasteiger partial charge in [0.05, 0.1) is 6.61 Å². The zero-order valence-electron chi connectivity index (χ0n) is 10.6. The third-order valence-electron chi connectivity index (χ3n) is 2.23. The van der Waals surface area contributed by atoms with E-state index in [4.69, 9.17) is 4.74 Å². The van der Waals surface area contributed by atoms with Crippen molar-refractivity contribution in [1.29, 1.82) is 0 Å². The molecule has 0 aromatic rings. The molecule has 1 atom stereocenters. The number of rotatable bonds is 4. The van der Waals surface area contributed by atoms with E-state index in [2.05, 4.69) is 0 Å². The average molecular weight is 214 g/mol. The minimum atomic E-state index is -0.634. The fourth-order valence-corrected chi connectivity index (χ4v) is 1.38. The molecule has 0 aliphatic heterocycles. The monoisotopic (exact) mass is 214 g/mol. The van der Waals surface area contributed by atoms with E-state index in [1.54, 1.807) is 6.92 Å². The van der Waals surface area contributed by atoms with Gasteiger partial charge < -0.3 is 4.74 Å². The molecule has 88 valence electrons. The third kappa shape index (κ3) is 4.02. The van der Waals surface area contributed by atoms with E-state index in [1.807, 2.05) is 34.6 Å². The summed E-state index contributed by atoms with van der Waals surface area (Å²) >= 11 is 0. The van der Waals surface area contributed by atoms with Crippen LogP contribution in [0.5, 0.6) is 0 Å². The number of esters is 1. The first kappa shape index (κ1) is 14.1. The number of hydrogen-bond donors (Lipinski definition) is 0. The molecular formula is C12H22O3. The van der Waals surface area contributed by atoms with E-state index in [0.717, 1.165) is 0 Å². The summed E-state index contributed by atoms with van der Waals surface area (Å²) in [5.41, 5.74) is -0.498. The molecule has 0 aromatic heterocycles. The van der Waals surface area contributed by atoms with Gasteiger partial charge in [-0.3, -0.25) is 9.59 Å². The Morgan fingerprint density at radius 3 is 1.93 bits per heavy atom. The predicted molar refractivity (Wildman–Crippen MR) is 59.4 cm³/mol. The van der Waals surface area contributed by atoms with Crippen molar-refractivity contribution in [2.45, 2.75) is 41.5 Å². The molecule has 0 spiro atoms. The Kier molecular flexibility index (Phi) is 4.98. The Morgan fingerprint density at radius 1 is 1.20 bits per heavy atom. The van der Waals surface area contributed by atoms with Crippen LogP contribution >= 0.6 is 0 Å². The van der Waals surface area contributed by atoms with Crippen LogP contribution in [0.25, 0.3) is 0 Å². The van der Waals surface area contributed by atoms with E-state index < -0.39 is 17.3 Å². The molecule has 0 bridgehead atoms. The fourth-order valence-electron chi connectivity index (χ4n) is 1.38. The summed E-state index contributed by atoms with van der Waals surface area (Å²) in [6, 6.07) is 0. The molecule has 0 saturated heterocycles. The maximum absolute atomic E-state index is 12.0. The molecule has 0 N–H and O–H groups in total. The maximum Gasteiger partial charge on any atom is 0.316 e. The lowest BCUT2D eigenvalue weighted by atomic mass is 9.78. The second-order valence-electron chi connectivity index (χ2n) is 5.09. The highest BCUT2D eigenvalue weighted by atomic mass is 16.5. The summed E-state index contributed by atoms with van der Waals surface area (Å²) < 4.78 is 4.92. The summed E-state index contributed by atoms with van der Waals surface area (Å²) in [4.78, 5) is 23.7. The number of ether oxygens (including phenoxy) is 1. The molecule has 3 heteroatoms. The number of hydrogen-bond acceptors (Lipinski definition) is 3. The van der Waals surface area contributed by atoms with Crippen LogP contribution in [0, 0.1) is 17.3 Å². The quantitative estimate of drug-likeness (QED) is 0.533. The largest absolute Gasteiger partial charge is 0.465 e. The zero-order valence-corrected chi connectivity index (χ0v) is 10.6. The van der Waals surface area contributed by atoms with E-state index in [1.165, 1.54) is 0 Å². The van der Waals surface area contributed by atoms with E-state index in [0.29, 0.717) is 6.61 Å². The second kappa shape index (κ2) is 5.29. The molecule has 3 nitrogen and oxygen atoms in total. The summed E-state index contributed by atoms with van der Waals surface area (Å²) in [7, 11) is 0. The fraction of sp³-hybridized carbons (Fsp3) is 0.833. The Labute approximate surface area is 92.2 Å². The number of Topliss-reactive ketones (excluding diaryl/α,β-unsaturated/α-hetero) is 1. The summed E-state index contributed by atoms with van der Waals surface area (Å²) in [6.07, 6.45) is 0. The van der Waals surface area contributed by atoms with Gasteiger partial charge in [-0.2, -0.15) is 0 Å². The Morgan fingerprint density at radius 2 is 1.67 bits per heavy atom. The topological polar surface area (TPSA) is 43.4 Å². The highest BCUT2D eigenvalue weighted by Gasteiger charge is 2.37. The van der Waals surface area contributed by atoms with Crippen LogP contribution in [0.1, 0.15) is 41.5 Å². The lowest BCUT2D eigenvalue weighted by molar-refractivity contribution is -0.155. The van der Waals surface area contributed by atoms with Crippen molar-refractivity contribution < 1.29 is 14.3 Å². The molecule has 0 fully saturated rings. The molecule has 0 amide bonds. The molecule has 0 aliphatic carbocycles. The smallest absolute Gasteiger partial charge is 0.316 e. The first-order valence-corrected chi connectivity index (χ1v) is 5.42. The molecule has 0 radical (unpaired) electrons. The maximum atomic E-state index is 12.0. The highest BCUT2D eigenvalue weighted by molar-refractivity contribution is 6.01. The number of carbonyl (C=O) groups excluding carboxylic acids is 2. The molecule has 0 saturated carbocycles. The minimum absolute atomic E-state index is 0.0178.